The van der Waals surface area contributed by atoms with Crippen LogP contribution in [0.3, 0.4) is 0 Å². The first-order valence-corrected chi connectivity index (χ1v) is 8.17. The van der Waals surface area contributed by atoms with Crippen molar-refractivity contribution in [1.29, 1.82) is 0 Å². The molecule has 0 saturated carbocycles. The highest BCUT2D eigenvalue weighted by Gasteiger charge is 2.30. The van der Waals surface area contributed by atoms with Gasteiger partial charge in [0.25, 0.3) is 0 Å². The number of benzene rings is 2. The predicted molar refractivity (Wildman–Crippen MR) is 97.5 cm³/mol. The maximum Gasteiger partial charge on any atom is 0.238 e. The van der Waals surface area contributed by atoms with Crippen molar-refractivity contribution in [2.24, 2.45) is 0 Å². The van der Waals surface area contributed by atoms with Crippen molar-refractivity contribution in [3.8, 4) is 40.1 Å². The fraction of sp³-hybridized carbons (Fsp3) is 0.150. The van der Waals surface area contributed by atoms with Gasteiger partial charge >= 0.3 is 0 Å². The first kappa shape index (κ1) is 16.8. The van der Waals surface area contributed by atoms with Crippen LogP contribution in [0.2, 0.25) is 0 Å². The van der Waals surface area contributed by atoms with Crippen LogP contribution in [-0.4, -0.2) is 26.5 Å². The average molecular weight is 368 g/mol. The fourth-order valence-corrected chi connectivity index (χ4v) is 3.16. The first-order chi connectivity index (χ1) is 12.8. The van der Waals surface area contributed by atoms with Gasteiger partial charge in [0.05, 0.1) is 0 Å². The third-order valence-electron chi connectivity index (χ3n) is 4.64. The first-order valence-electron chi connectivity index (χ1n) is 8.17. The molecule has 4 N–H and O–H groups in total. The molecular weight excluding hydrogens is 352 g/mol. The summed E-state index contributed by atoms with van der Waals surface area (Å²) in [6.07, 6.45) is 0.0418. The zero-order chi connectivity index (χ0) is 19.5. The largest absolute Gasteiger partial charge is 0.507 e. The Kier molecular flexibility index (Phi) is 3.56. The van der Waals surface area contributed by atoms with Crippen molar-refractivity contribution < 1.29 is 29.6 Å². The molecule has 1 aliphatic rings. The Bertz CT molecular complexity index is 1170. The number of phenols is 3. The minimum Gasteiger partial charge on any atom is -0.507 e. The maximum absolute atomic E-state index is 12.7. The van der Waals surface area contributed by atoms with Crippen molar-refractivity contribution in [2.45, 2.75) is 19.4 Å². The van der Waals surface area contributed by atoms with Gasteiger partial charge in [-0.05, 0) is 30.7 Å². The molecule has 0 radical (unpaired) electrons. The highest BCUT2D eigenvalue weighted by atomic mass is 16.5. The number of aromatic hydroxyl groups is 4. The van der Waals surface area contributed by atoms with Gasteiger partial charge in [-0.25, -0.2) is 0 Å². The normalized spacial score (nSPS) is 15.5. The van der Waals surface area contributed by atoms with E-state index in [1.165, 1.54) is 18.2 Å². The number of phenolic OH excluding ortho intramolecular Hbond substituents is 3. The molecule has 0 fully saturated rings. The van der Waals surface area contributed by atoms with Crippen molar-refractivity contribution in [3.63, 3.8) is 0 Å². The van der Waals surface area contributed by atoms with Crippen LogP contribution in [0.4, 0.5) is 0 Å². The molecule has 27 heavy (non-hydrogen) atoms. The number of ether oxygens (including phenoxy) is 1. The van der Waals surface area contributed by atoms with Crippen LogP contribution in [0, 0.1) is 0 Å². The van der Waals surface area contributed by atoms with Gasteiger partial charge in [-0.15, -0.1) is 0 Å². The summed E-state index contributed by atoms with van der Waals surface area (Å²) in [5, 5.41) is 39.8. The van der Waals surface area contributed by atoms with Crippen LogP contribution in [0.25, 0.3) is 22.3 Å². The SMILES string of the molecule is C=C(C)[C@@H]1Cc2c(cc3oc(-c4ccc(O)c(O)c4)c(O)c(=O)c3c2O)O1. The minimum absolute atomic E-state index is 0.0268. The van der Waals surface area contributed by atoms with Gasteiger partial charge in [-0.3, -0.25) is 4.79 Å². The topological polar surface area (TPSA) is 120 Å². The van der Waals surface area contributed by atoms with Crippen LogP contribution >= 0.6 is 0 Å². The molecule has 4 rings (SSSR count). The molecule has 138 valence electrons. The summed E-state index contributed by atoms with van der Waals surface area (Å²) in [5.74, 6) is -1.61. The van der Waals surface area contributed by atoms with E-state index < -0.39 is 16.9 Å². The van der Waals surface area contributed by atoms with Crippen LogP contribution in [0.5, 0.6) is 28.7 Å². The van der Waals surface area contributed by atoms with Gasteiger partial charge in [0.15, 0.2) is 17.3 Å². The number of rotatable bonds is 2. The molecule has 7 nitrogen and oxygen atoms in total. The lowest BCUT2D eigenvalue weighted by atomic mass is 10.0. The molecule has 0 spiro atoms. The second-order valence-electron chi connectivity index (χ2n) is 6.54. The van der Waals surface area contributed by atoms with E-state index in [-0.39, 0.29) is 39.9 Å². The van der Waals surface area contributed by atoms with Gasteiger partial charge in [-0.2, -0.15) is 0 Å². The molecule has 0 unspecified atom stereocenters. The van der Waals surface area contributed by atoms with Crippen molar-refractivity contribution in [2.75, 3.05) is 0 Å². The molecule has 0 saturated heterocycles. The maximum atomic E-state index is 12.7. The van der Waals surface area contributed by atoms with E-state index in [1.807, 2.05) is 0 Å². The van der Waals surface area contributed by atoms with Crippen molar-refractivity contribution in [3.05, 3.63) is 52.2 Å². The molecule has 0 aliphatic carbocycles. The van der Waals surface area contributed by atoms with Gasteiger partial charge in [0.2, 0.25) is 11.2 Å². The Morgan fingerprint density at radius 2 is 1.85 bits per heavy atom. The number of fused-ring (bicyclic) bond motifs is 2. The van der Waals surface area contributed by atoms with E-state index in [0.717, 1.165) is 11.6 Å². The summed E-state index contributed by atoms with van der Waals surface area (Å²) >= 11 is 0. The van der Waals surface area contributed by atoms with Gasteiger partial charge in [0, 0.05) is 23.6 Å². The predicted octanol–water partition coefficient (Wildman–Crippen LogP) is 3.16. The Morgan fingerprint density at radius 3 is 2.52 bits per heavy atom. The summed E-state index contributed by atoms with van der Waals surface area (Å²) in [4.78, 5) is 12.7. The summed E-state index contributed by atoms with van der Waals surface area (Å²) in [7, 11) is 0. The molecule has 1 aliphatic heterocycles. The highest BCUT2D eigenvalue weighted by molar-refractivity contribution is 5.90. The second kappa shape index (κ2) is 5.70. The molecule has 0 bridgehead atoms. The molecule has 0 amide bonds. The molecule has 1 atom stereocenters. The molecule has 7 heteroatoms. The van der Waals surface area contributed by atoms with Gasteiger partial charge in [-0.1, -0.05) is 6.58 Å². The lowest BCUT2D eigenvalue weighted by molar-refractivity contribution is 0.271. The van der Waals surface area contributed by atoms with E-state index in [9.17, 15) is 25.2 Å². The van der Waals surface area contributed by atoms with Crippen LogP contribution in [-0.2, 0) is 6.42 Å². The summed E-state index contributed by atoms with van der Waals surface area (Å²) in [5.41, 5.74) is 0.633. The molecule has 3 aromatic rings. The monoisotopic (exact) mass is 368 g/mol. The third-order valence-corrected chi connectivity index (χ3v) is 4.64. The third kappa shape index (κ3) is 2.47. The van der Waals surface area contributed by atoms with E-state index in [0.29, 0.717) is 17.7 Å². The minimum atomic E-state index is -0.808. The Morgan fingerprint density at radius 1 is 1.11 bits per heavy atom. The second-order valence-corrected chi connectivity index (χ2v) is 6.54. The van der Waals surface area contributed by atoms with Crippen molar-refractivity contribution in [1.82, 2.24) is 0 Å². The van der Waals surface area contributed by atoms with E-state index in [4.69, 9.17) is 9.15 Å². The van der Waals surface area contributed by atoms with Crippen molar-refractivity contribution >= 4 is 11.0 Å². The summed E-state index contributed by atoms with van der Waals surface area (Å²) < 4.78 is 11.4. The van der Waals surface area contributed by atoms with Gasteiger partial charge < -0.3 is 29.6 Å². The lowest BCUT2D eigenvalue weighted by Crippen LogP contribution is -2.13. The fourth-order valence-electron chi connectivity index (χ4n) is 3.16. The van der Waals surface area contributed by atoms with E-state index in [2.05, 4.69) is 6.58 Å². The zero-order valence-corrected chi connectivity index (χ0v) is 14.3. The molecule has 1 aromatic heterocycles. The smallest absolute Gasteiger partial charge is 0.238 e. The van der Waals surface area contributed by atoms with Crippen LogP contribution < -0.4 is 10.2 Å². The zero-order valence-electron chi connectivity index (χ0n) is 14.3. The number of hydrogen-bond acceptors (Lipinski definition) is 7. The summed E-state index contributed by atoms with van der Waals surface area (Å²) in [6.45, 7) is 5.65. The highest BCUT2D eigenvalue weighted by Crippen LogP contribution is 2.43. The Labute approximate surface area is 153 Å². The average Bonchev–Trinajstić information content (AvgIpc) is 3.05. The van der Waals surface area contributed by atoms with Crippen LogP contribution in [0.15, 0.2) is 45.6 Å². The molecular formula is C20H16O7. The quantitative estimate of drug-likeness (QED) is 0.405. The van der Waals surface area contributed by atoms with Gasteiger partial charge in [0.1, 0.15) is 28.6 Å². The van der Waals surface area contributed by atoms with E-state index >= 15 is 0 Å². The Balaban J connectivity index is 1.97. The summed E-state index contributed by atoms with van der Waals surface area (Å²) in [6, 6.07) is 5.21. The Hall–Kier alpha value is -3.61. The van der Waals surface area contributed by atoms with E-state index in [1.54, 1.807) is 6.92 Å². The number of hydrogen-bond donors (Lipinski definition) is 4. The lowest BCUT2D eigenvalue weighted by Gasteiger charge is -2.10. The van der Waals surface area contributed by atoms with Crippen LogP contribution in [0.1, 0.15) is 12.5 Å². The molecule has 2 heterocycles. The standard InChI is InChI=1S/C20H16O7/c1-8(2)13-6-10-14(26-13)7-15-16(17(10)23)18(24)19(25)20(27-15)9-3-4-11(21)12(22)5-9/h3-5,7,13,21-23,25H,1,6H2,2H3/t13-/m0/s1. The molecule has 2 aromatic carbocycles.